The van der Waals surface area contributed by atoms with Gasteiger partial charge in [-0.1, -0.05) is 18.2 Å². The molecule has 2 heterocycles. The third kappa shape index (κ3) is 2.75. The summed E-state index contributed by atoms with van der Waals surface area (Å²) in [6.07, 6.45) is 0. The largest absolute Gasteiger partial charge is 0.494 e. The molecule has 0 unspecified atom stereocenters. The Morgan fingerprint density at radius 3 is 2.86 bits per heavy atom. The summed E-state index contributed by atoms with van der Waals surface area (Å²) in [6.45, 7) is 0. The SMILES string of the molecule is COc1ccccc1-n1nnnc1Sc1cccc(C#N)n1. The first kappa shape index (κ1) is 14.0. The number of rotatable bonds is 4. The van der Waals surface area contributed by atoms with Gasteiger partial charge in [0.15, 0.2) is 0 Å². The fourth-order valence-electron chi connectivity index (χ4n) is 1.83. The minimum Gasteiger partial charge on any atom is -0.494 e. The van der Waals surface area contributed by atoms with E-state index in [2.05, 4.69) is 20.5 Å². The fraction of sp³-hybridized carbons (Fsp3) is 0.0714. The maximum atomic E-state index is 8.91. The van der Waals surface area contributed by atoms with Gasteiger partial charge in [-0.05, 0) is 46.5 Å². The van der Waals surface area contributed by atoms with E-state index in [1.165, 1.54) is 11.8 Å². The average Bonchev–Trinajstić information content (AvgIpc) is 3.03. The third-order valence-electron chi connectivity index (χ3n) is 2.79. The Balaban J connectivity index is 1.97. The lowest BCUT2D eigenvalue weighted by Gasteiger charge is -2.08. The van der Waals surface area contributed by atoms with Crippen LogP contribution in [0.3, 0.4) is 0 Å². The molecule has 0 amide bonds. The number of tetrazole rings is 1. The van der Waals surface area contributed by atoms with Crippen LogP contribution in [-0.4, -0.2) is 32.3 Å². The Kier molecular flexibility index (Phi) is 3.98. The molecule has 0 N–H and O–H groups in total. The fourth-order valence-corrected chi connectivity index (χ4v) is 2.60. The van der Waals surface area contributed by atoms with Crippen molar-refractivity contribution < 1.29 is 4.74 Å². The van der Waals surface area contributed by atoms with Crippen LogP contribution in [0, 0.1) is 11.3 Å². The van der Waals surface area contributed by atoms with Gasteiger partial charge in [-0.3, -0.25) is 0 Å². The van der Waals surface area contributed by atoms with Gasteiger partial charge in [-0.25, -0.2) is 4.98 Å². The van der Waals surface area contributed by atoms with E-state index < -0.39 is 0 Å². The number of pyridine rings is 1. The van der Waals surface area contributed by atoms with Crippen LogP contribution in [0.4, 0.5) is 0 Å². The standard InChI is InChI=1S/C14H10N6OS/c1-21-12-7-3-2-6-11(12)20-14(17-18-19-20)22-13-8-4-5-10(9-15)16-13/h2-8H,1H3. The highest BCUT2D eigenvalue weighted by Crippen LogP contribution is 2.28. The Hall–Kier alpha value is -2.92. The molecule has 0 atom stereocenters. The van der Waals surface area contributed by atoms with Gasteiger partial charge >= 0.3 is 0 Å². The number of ether oxygens (including phenoxy) is 1. The van der Waals surface area contributed by atoms with Crippen LogP contribution in [0.1, 0.15) is 5.69 Å². The lowest BCUT2D eigenvalue weighted by atomic mass is 10.3. The molecule has 108 valence electrons. The minimum absolute atomic E-state index is 0.348. The van der Waals surface area contributed by atoms with E-state index in [9.17, 15) is 0 Å². The smallest absolute Gasteiger partial charge is 0.220 e. The second-order valence-corrected chi connectivity index (χ2v) is 5.11. The highest BCUT2D eigenvalue weighted by molar-refractivity contribution is 7.99. The molecule has 3 aromatic rings. The summed E-state index contributed by atoms with van der Waals surface area (Å²) in [5.41, 5.74) is 1.08. The van der Waals surface area contributed by atoms with Gasteiger partial charge in [0, 0.05) is 0 Å². The van der Waals surface area contributed by atoms with Crippen molar-refractivity contribution in [1.29, 1.82) is 5.26 Å². The number of aromatic nitrogens is 5. The molecule has 0 saturated heterocycles. The highest BCUT2D eigenvalue weighted by atomic mass is 32.2. The number of para-hydroxylation sites is 2. The van der Waals surface area contributed by atoms with Gasteiger partial charge in [-0.15, -0.1) is 5.10 Å². The minimum atomic E-state index is 0.348. The Morgan fingerprint density at radius 2 is 2.05 bits per heavy atom. The maximum absolute atomic E-state index is 8.91. The van der Waals surface area contributed by atoms with E-state index in [-0.39, 0.29) is 0 Å². The molecule has 0 aliphatic heterocycles. The first-order valence-corrected chi connectivity index (χ1v) is 7.10. The quantitative estimate of drug-likeness (QED) is 0.728. The molecular weight excluding hydrogens is 300 g/mol. The van der Waals surface area contributed by atoms with Crippen LogP contribution in [0.15, 0.2) is 52.6 Å². The van der Waals surface area contributed by atoms with Gasteiger partial charge in [0.25, 0.3) is 0 Å². The topological polar surface area (TPSA) is 89.5 Å². The van der Waals surface area contributed by atoms with Crippen molar-refractivity contribution in [2.45, 2.75) is 10.2 Å². The van der Waals surface area contributed by atoms with Crippen LogP contribution < -0.4 is 4.74 Å². The van der Waals surface area contributed by atoms with Crippen molar-refractivity contribution in [1.82, 2.24) is 25.2 Å². The molecule has 2 aromatic heterocycles. The summed E-state index contributed by atoms with van der Waals surface area (Å²) in [6, 6.07) is 14.7. The normalized spacial score (nSPS) is 10.2. The summed E-state index contributed by atoms with van der Waals surface area (Å²) in [4.78, 5) is 4.21. The third-order valence-corrected chi connectivity index (χ3v) is 3.66. The second kappa shape index (κ2) is 6.24. The Labute approximate surface area is 130 Å². The summed E-state index contributed by atoms with van der Waals surface area (Å²) >= 11 is 1.27. The molecule has 0 fully saturated rings. The van der Waals surface area contributed by atoms with E-state index in [0.29, 0.717) is 21.6 Å². The van der Waals surface area contributed by atoms with Crippen LogP contribution >= 0.6 is 11.8 Å². The number of hydrogen-bond donors (Lipinski definition) is 0. The number of nitriles is 1. The van der Waals surface area contributed by atoms with Crippen molar-refractivity contribution in [3.05, 3.63) is 48.2 Å². The van der Waals surface area contributed by atoms with E-state index in [0.717, 1.165) is 5.69 Å². The zero-order chi connectivity index (χ0) is 15.4. The molecule has 0 spiro atoms. The Morgan fingerprint density at radius 1 is 1.18 bits per heavy atom. The summed E-state index contributed by atoms with van der Waals surface area (Å²) in [7, 11) is 1.59. The Bertz CT molecular complexity index is 841. The van der Waals surface area contributed by atoms with Crippen molar-refractivity contribution in [3.63, 3.8) is 0 Å². The monoisotopic (exact) mass is 310 g/mol. The molecule has 22 heavy (non-hydrogen) atoms. The van der Waals surface area contributed by atoms with Gasteiger partial charge in [0.05, 0.1) is 7.11 Å². The number of hydrogen-bond acceptors (Lipinski definition) is 7. The maximum Gasteiger partial charge on any atom is 0.220 e. The molecule has 0 radical (unpaired) electrons. The van der Waals surface area contributed by atoms with E-state index in [4.69, 9.17) is 10.00 Å². The second-order valence-electron chi connectivity index (χ2n) is 4.12. The molecule has 0 saturated carbocycles. The van der Waals surface area contributed by atoms with Gasteiger partial charge < -0.3 is 4.74 Å². The first-order chi connectivity index (χ1) is 10.8. The molecule has 0 aliphatic rings. The predicted molar refractivity (Wildman–Crippen MR) is 78.8 cm³/mol. The van der Waals surface area contributed by atoms with Crippen LogP contribution in [0.25, 0.3) is 5.69 Å². The molecule has 3 rings (SSSR count). The lowest BCUT2D eigenvalue weighted by Crippen LogP contribution is -2.01. The van der Waals surface area contributed by atoms with Crippen LogP contribution in [-0.2, 0) is 0 Å². The molecule has 0 aliphatic carbocycles. The van der Waals surface area contributed by atoms with Gasteiger partial charge in [0.2, 0.25) is 5.16 Å². The first-order valence-electron chi connectivity index (χ1n) is 6.28. The molecule has 0 bridgehead atoms. The zero-order valence-corrected chi connectivity index (χ0v) is 12.4. The summed E-state index contributed by atoms with van der Waals surface area (Å²) < 4.78 is 6.90. The van der Waals surface area contributed by atoms with Crippen LogP contribution in [0.2, 0.25) is 0 Å². The number of benzene rings is 1. The predicted octanol–water partition coefficient (Wildman–Crippen LogP) is 2.09. The zero-order valence-electron chi connectivity index (χ0n) is 11.5. The average molecular weight is 310 g/mol. The molecule has 1 aromatic carbocycles. The molecule has 7 nitrogen and oxygen atoms in total. The van der Waals surface area contributed by atoms with Gasteiger partial charge in [0.1, 0.15) is 28.2 Å². The van der Waals surface area contributed by atoms with E-state index in [1.54, 1.807) is 30.0 Å². The molecule has 8 heteroatoms. The highest BCUT2D eigenvalue weighted by Gasteiger charge is 2.14. The molecular formula is C14H10N6OS. The van der Waals surface area contributed by atoms with E-state index in [1.807, 2.05) is 30.3 Å². The van der Waals surface area contributed by atoms with Crippen LogP contribution in [0.5, 0.6) is 5.75 Å². The number of methoxy groups -OCH3 is 1. The number of nitrogens with zero attached hydrogens (tertiary/aromatic N) is 6. The lowest BCUT2D eigenvalue weighted by molar-refractivity contribution is 0.410. The summed E-state index contributed by atoms with van der Waals surface area (Å²) in [5.74, 6) is 0.662. The van der Waals surface area contributed by atoms with Gasteiger partial charge in [-0.2, -0.15) is 9.94 Å². The van der Waals surface area contributed by atoms with Crippen molar-refractivity contribution >= 4 is 11.8 Å². The van der Waals surface area contributed by atoms with E-state index >= 15 is 0 Å². The van der Waals surface area contributed by atoms with Crippen molar-refractivity contribution in [2.75, 3.05) is 7.11 Å². The van der Waals surface area contributed by atoms with Crippen molar-refractivity contribution in [2.24, 2.45) is 0 Å². The van der Waals surface area contributed by atoms with Crippen molar-refractivity contribution in [3.8, 4) is 17.5 Å². The summed E-state index contributed by atoms with van der Waals surface area (Å²) in [5, 5.41) is 21.8.